The molecule has 0 aromatic heterocycles. The number of fused-ring (bicyclic) bond motifs is 1. The van der Waals surface area contributed by atoms with Crippen molar-refractivity contribution in [2.75, 3.05) is 14.2 Å². The number of ether oxygens (including phenoxy) is 2. The highest BCUT2D eigenvalue weighted by Gasteiger charge is 2.17. The monoisotopic (exact) mass is 357 g/mol. The van der Waals surface area contributed by atoms with Crippen molar-refractivity contribution in [3.05, 3.63) is 66.2 Å². The molecule has 5 nitrogen and oxygen atoms in total. The third-order valence-corrected chi connectivity index (χ3v) is 5.40. The Balaban J connectivity index is 1.87. The quantitative estimate of drug-likeness (QED) is 0.735. The highest BCUT2D eigenvalue weighted by atomic mass is 32.2. The van der Waals surface area contributed by atoms with Gasteiger partial charge in [0.25, 0.3) is 0 Å². The van der Waals surface area contributed by atoms with Gasteiger partial charge < -0.3 is 9.47 Å². The molecule has 0 saturated carbocycles. The Hall–Kier alpha value is -2.57. The number of nitrogens with one attached hydrogen (secondary N) is 1. The zero-order valence-electron chi connectivity index (χ0n) is 14.0. The predicted octanol–water partition coefficient (Wildman–Crippen LogP) is 3.34. The zero-order valence-corrected chi connectivity index (χ0v) is 14.8. The van der Waals surface area contributed by atoms with Crippen molar-refractivity contribution in [3.63, 3.8) is 0 Å². The second-order valence-corrected chi connectivity index (χ2v) is 7.25. The number of benzene rings is 3. The van der Waals surface area contributed by atoms with Crippen LogP contribution in [0.1, 0.15) is 5.56 Å². The van der Waals surface area contributed by atoms with Gasteiger partial charge in [-0.2, -0.15) is 0 Å². The molecular weight excluding hydrogens is 338 g/mol. The molecule has 6 heteroatoms. The first-order valence-electron chi connectivity index (χ1n) is 7.73. The van der Waals surface area contributed by atoms with Crippen LogP contribution < -0.4 is 14.2 Å². The molecule has 0 bridgehead atoms. The van der Waals surface area contributed by atoms with Gasteiger partial charge in [0.2, 0.25) is 10.0 Å². The van der Waals surface area contributed by atoms with Crippen molar-refractivity contribution < 1.29 is 17.9 Å². The van der Waals surface area contributed by atoms with Crippen LogP contribution in [-0.4, -0.2) is 22.6 Å². The lowest BCUT2D eigenvalue weighted by molar-refractivity contribution is 0.354. The molecule has 0 fully saturated rings. The van der Waals surface area contributed by atoms with Crippen molar-refractivity contribution in [2.45, 2.75) is 11.4 Å². The van der Waals surface area contributed by atoms with Crippen LogP contribution >= 0.6 is 0 Å². The first-order valence-corrected chi connectivity index (χ1v) is 9.22. The minimum Gasteiger partial charge on any atom is -0.493 e. The molecule has 0 aliphatic rings. The van der Waals surface area contributed by atoms with E-state index in [0.717, 1.165) is 16.3 Å². The number of methoxy groups -OCH3 is 2. The van der Waals surface area contributed by atoms with Crippen molar-refractivity contribution in [1.82, 2.24) is 4.72 Å². The minimum atomic E-state index is -3.67. The number of hydrogen-bond acceptors (Lipinski definition) is 4. The summed E-state index contributed by atoms with van der Waals surface area (Å²) in [7, 11) is -0.695. The van der Waals surface area contributed by atoms with E-state index in [1.807, 2.05) is 42.5 Å². The fraction of sp³-hybridized carbons (Fsp3) is 0.158. The third kappa shape index (κ3) is 3.60. The van der Waals surface area contributed by atoms with E-state index < -0.39 is 10.0 Å². The Morgan fingerprint density at radius 3 is 2.36 bits per heavy atom. The molecule has 3 rings (SSSR count). The van der Waals surface area contributed by atoms with Gasteiger partial charge in [0.15, 0.2) is 11.5 Å². The van der Waals surface area contributed by atoms with E-state index in [1.54, 1.807) is 6.07 Å². The molecular formula is C19H19NO4S. The van der Waals surface area contributed by atoms with Gasteiger partial charge in [0.1, 0.15) is 0 Å². The van der Waals surface area contributed by atoms with Crippen LogP contribution in [-0.2, 0) is 16.6 Å². The molecule has 1 N–H and O–H groups in total. The summed E-state index contributed by atoms with van der Waals surface area (Å²) < 4.78 is 38.2. The Morgan fingerprint density at radius 2 is 1.60 bits per heavy atom. The molecule has 0 amide bonds. The van der Waals surface area contributed by atoms with Gasteiger partial charge in [0, 0.05) is 12.6 Å². The number of hydrogen-bond donors (Lipinski definition) is 1. The molecule has 0 radical (unpaired) electrons. The van der Waals surface area contributed by atoms with E-state index in [-0.39, 0.29) is 11.4 Å². The smallest absolute Gasteiger partial charge is 0.241 e. The van der Waals surface area contributed by atoms with Crippen molar-refractivity contribution in [3.8, 4) is 11.5 Å². The van der Waals surface area contributed by atoms with Crippen LogP contribution in [0, 0.1) is 0 Å². The van der Waals surface area contributed by atoms with Gasteiger partial charge in [0.05, 0.1) is 19.1 Å². The Morgan fingerprint density at radius 1 is 0.880 bits per heavy atom. The van der Waals surface area contributed by atoms with E-state index >= 15 is 0 Å². The van der Waals surface area contributed by atoms with E-state index in [4.69, 9.17) is 9.47 Å². The van der Waals surface area contributed by atoms with E-state index in [0.29, 0.717) is 11.5 Å². The summed E-state index contributed by atoms with van der Waals surface area (Å²) in [6, 6.07) is 18.2. The standard InChI is InChI=1S/C19H19NO4S/c1-23-18-11-10-16(12-19(18)24-2)25(21,22)20-13-15-8-5-7-14-6-3-4-9-17(14)15/h3-12,20H,13H2,1-2H3. The summed E-state index contributed by atoms with van der Waals surface area (Å²) in [5.74, 6) is 0.853. The minimum absolute atomic E-state index is 0.130. The number of sulfonamides is 1. The van der Waals surface area contributed by atoms with Gasteiger partial charge in [-0.3, -0.25) is 0 Å². The lowest BCUT2D eigenvalue weighted by Gasteiger charge is -2.12. The van der Waals surface area contributed by atoms with E-state index in [1.165, 1.54) is 26.4 Å². The molecule has 0 aliphatic carbocycles. The largest absolute Gasteiger partial charge is 0.493 e. The first-order chi connectivity index (χ1) is 12.0. The topological polar surface area (TPSA) is 64.6 Å². The molecule has 0 unspecified atom stereocenters. The van der Waals surface area contributed by atoms with Crippen LogP contribution in [0.2, 0.25) is 0 Å². The number of rotatable bonds is 6. The molecule has 0 saturated heterocycles. The third-order valence-electron chi connectivity index (χ3n) is 4.00. The average molecular weight is 357 g/mol. The summed E-state index contributed by atoms with van der Waals surface area (Å²) in [5, 5.41) is 2.10. The van der Waals surface area contributed by atoms with Crippen LogP contribution in [0.4, 0.5) is 0 Å². The molecule has 0 atom stereocenters. The van der Waals surface area contributed by atoms with Gasteiger partial charge in [-0.15, -0.1) is 0 Å². The predicted molar refractivity (Wildman–Crippen MR) is 97.5 cm³/mol. The molecule has 0 aliphatic heterocycles. The molecule has 130 valence electrons. The van der Waals surface area contributed by atoms with Crippen molar-refractivity contribution in [1.29, 1.82) is 0 Å². The summed E-state index contributed by atoms with van der Waals surface area (Å²) in [6.07, 6.45) is 0. The lowest BCUT2D eigenvalue weighted by Crippen LogP contribution is -2.23. The van der Waals surface area contributed by atoms with Gasteiger partial charge in [-0.05, 0) is 28.5 Å². The molecule has 3 aromatic carbocycles. The summed E-state index contributed by atoms with van der Waals surface area (Å²) in [6.45, 7) is 0.206. The second kappa shape index (κ2) is 7.13. The molecule has 0 spiro atoms. The maximum absolute atomic E-state index is 12.6. The lowest BCUT2D eigenvalue weighted by atomic mass is 10.1. The average Bonchev–Trinajstić information content (AvgIpc) is 2.65. The Bertz CT molecular complexity index is 994. The van der Waals surface area contributed by atoms with Crippen LogP contribution in [0.5, 0.6) is 11.5 Å². The molecule has 25 heavy (non-hydrogen) atoms. The molecule has 0 heterocycles. The summed E-state index contributed by atoms with van der Waals surface area (Å²) in [5.41, 5.74) is 0.919. The summed E-state index contributed by atoms with van der Waals surface area (Å²) in [4.78, 5) is 0.130. The van der Waals surface area contributed by atoms with Gasteiger partial charge >= 0.3 is 0 Å². The van der Waals surface area contributed by atoms with Gasteiger partial charge in [-0.25, -0.2) is 13.1 Å². The highest BCUT2D eigenvalue weighted by molar-refractivity contribution is 7.89. The van der Waals surface area contributed by atoms with Crippen LogP contribution in [0.15, 0.2) is 65.6 Å². The van der Waals surface area contributed by atoms with Crippen LogP contribution in [0.25, 0.3) is 10.8 Å². The molecule has 3 aromatic rings. The second-order valence-electron chi connectivity index (χ2n) is 5.48. The highest BCUT2D eigenvalue weighted by Crippen LogP contribution is 2.29. The van der Waals surface area contributed by atoms with Crippen molar-refractivity contribution >= 4 is 20.8 Å². The van der Waals surface area contributed by atoms with E-state index in [9.17, 15) is 8.42 Å². The Labute approximate surface area is 147 Å². The van der Waals surface area contributed by atoms with Crippen molar-refractivity contribution in [2.24, 2.45) is 0 Å². The fourth-order valence-electron chi connectivity index (χ4n) is 2.69. The fourth-order valence-corrected chi connectivity index (χ4v) is 3.71. The maximum atomic E-state index is 12.6. The zero-order chi connectivity index (χ0) is 17.9. The van der Waals surface area contributed by atoms with Gasteiger partial charge in [-0.1, -0.05) is 42.5 Å². The van der Waals surface area contributed by atoms with E-state index in [2.05, 4.69) is 4.72 Å². The summed E-state index contributed by atoms with van der Waals surface area (Å²) >= 11 is 0. The Kier molecular flexibility index (Phi) is 4.92. The normalized spacial score (nSPS) is 11.4. The SMILES string of the molecule is COc1ccc(S(=O)(=O)NCc2cccc3ccccc23)cc1OC. The first kappa shape index (κ1) is 17.3. The van der Waals surface area contributed by atoms with Crippen LogP contribution in [0.3, 0.4) is 0 Å². The maximum Gasteiger partial charge on any atom is 0.241 e.